The van der Waals surface area contributed by atoms with E-state index in [0.29, 0.717) is 30.2 Å². The minimum absolute atomic E-state index is 0.0367. The first-order chi connectivity index (χ1) is 9.69. The van der Waals surface area contributed by atoms with Gasteiger partial charge in [0.25, 0.3) is 0 Å². The number of halogens is 2. The largest absolute Gasteiger partial charge is 0.395 e. The number of rotatable bonds is 6. The van der Waals surface area contributed by atoms with Crippen LogP contribution in [0.2, 0.25) is 5.02 Å². The fourth-order valence-corrected chi connectivity index (χ4v) is 2.30. The van der Waals surface area contributed by atoms with Crippen LogP contribution < -0.4 is 0 Å². The van der Waals surface area contributed by atoms with Crippen LogP contribution in [0, 0.1) is 5.82 Å². The van der Waals surface area contributed by atoms with E-state index in [2.05, 4.69) is 0 Å². The summed E-state index contributed by atoms with van der Waals surface area (Å²) in [4.78, 5) is 1.99. The summed E-state index contributed by atoms with van der Waals surface area (Å²) in [6.07, 6.45) is 0. The van der Waals surface area contributed by atoms with E-state index in [1.165, 1.54) is 12.1 Å². The van der Waals surface area contributed by atoms with Gasteiger partial charge in [0.15, 0.2) is 0 Å². The average Bonchev–Trinajstić information content (AvgIpc) is 2.44. The fraction of sp³-hybridized carbons (Fsp3) is 0.250. The molecule has 0 atom stereocenters. The highest BCUT2D eigenvalue weighted by Crippen LogP contribution is 2.17. The summed E-state index contributed by atoms with van der Waals surface area (Å²) in [5.41, 5.74) is 1.67. The van der Waals surface area contributed by atoms with E-state index < -0.39 is 0 Å². The zero-order chi connectivity index (χ0) is 14.4. The molecule has 1 N–H and O–H groups in total. The molecule has 0 aliphatic carbocycles. The molecule has 4 heteroatoms. The standard InChI is InChI=1S/C16H17ClFNO/c17-15-6-7-16(18)14(10-15)12-19(8-9-20)11-13-4-2-1-3-5-13/h1-7,10,20H,8-9,11-12H2. The summed E-state index contributed by atoms with van der Waals surface area (Å²) < 4.78 is 13.8. The first-order valence-electron chi connectivity index (χ1n) is 6.50. The molecule has 0 spiro atoms. The highest BCUT2D eigenvalue weighted by atomic mass is 35.5. The lowest BCUT2D eigenvalue weighted by Gasteiger charge is -2.22. The average molecular weight is 294 g/mol. The van der Waals surface area contributed by atoms with Crippen molar-refractivity contribution < 1.29 is 9.50 Å². The number of nitrogens with zero attached hydrogens (tertiary/aromatic N) is 1. The maximum atomic E-state index is 13.8. The maximum Gasteiger partial charge on any atom is 0.127 e. The van der Waals surface area contributed by atoms with Gasteiger partial charge in [-0.25, -0.2) is 4.39 Å². The zero-order valence-corrected chi connectivity index (χ0v) is 11.9. The molecule has 0 amide bonds. The second kappa shape index (κ2) is 7.39. The Kier molecular flexibility index (Phi) is 5.53. The lowest BCUT2D eigenvalue weighted by atomic mass is 10.1. The van der Waals surface area contributed by atoms with Crippen LogP contribution in [0.25, 0.3) is 0 Å². The summed E-state index contributed by atoms with van der Waals surface area (Å²) >= 11 is 5.90. The van der Waals surface area contributed by atoms with Crippen molar-refractivity contribution in [1.29, 1.82) is 0 Å². The van der Waals surface area contributed by atoms with Crippen LogP contribution in [0.3, 0.4) is 0 Å². The Morgan fingerprint density at radius 1 is 1.05 bits per heavy atom. The van der Waals surface area contributed by atoms with Gasteiger partial charge in [0, 0.05) is 30.2 Å². The molecule has 106 valence electrons. The Bertz CT molecular complexity index is 547. The predicted molar refractivity (Wildman–Crippen MR) is 79.1 cm³/mol. The Morgan fingerprint density at radius 3 is 2.50 bits per heavy atom. The number of benzene rings is 2. The minimum Gasteiger partial charge on any atom is -0.395 e. The van der Waals surface area contributed by atoms with Crippen LogP contribution in [0.15, 0.2) is 48.5 Å². The van der Waals surface area contributed by atoms with E-state index in [1.807, 2.05) is 35.2 Å². The predicted octanol–water partition coefficient (Wildman–Crippen LogP) is 3.47. The molecule has 20 heavy (non-hydrogen) atoms. The number of aliphatic hydroxyl groups is 1. The molecule has 2 rings (SSSR count). The van der Waals surface area contributed by atoms with E-state index in [-0.39, 0.29) is 12.4 Å². The Morgan fingerprint density at radius 2 is 1.80 bits per heavy atom. The highest BCUT2D eigenvalue weighted by Gasteiger charge is 2.10. The van der Waals surface area contributed by atoms with Crippen molar-refractivity contribution in [3.8, 4) is 0 Å². The summed E-state index contributed by atoms with van der Waals surface area (Å²) in [6.45, 7) is 1.60. The highest BCUT2D eigenvalue weighted by molar-refractivity contribution is 6.30. The smallest absolute Gasteiger partial charge is 0.127 e. The molecule has 0 radical (unpaired) electrons. The second-order valence-electron chi connectivity index (χ2n) is 4.66. The third-order valence-electron chi connectivity index (χ3n) is 3.07. The SMILES string of the molecule is OCCN(Cc1ccccc1)Cc1cc(Cl)ccc1F. The van der Waals surface area contributed by atoms with E-state index in [0.717, 1.165) is 5.56 Å². The van der Waals surface area contributed by atoms with Crippen LogP contribution in [-0.4, -0.2) is 23.2 Å². The van der Waals surface area contributed by atoms with E-state index in [4.69, 9.17) is 16.7 Å². The molecule has 0 aromatic heterocycles. The Labute approximate surface area is 123 Å². The van der Waals surface area contributed by atoms with Gasteiger partial charge in [-0.3, -0.25) is 4.90 Å². The monoisotopic (exact) mass is 293 g/mol. The van der Waals surface area contributed by atoms with Gasteiger partial charge in [-0.15, -0.1) is 0 Å². The van der Waals surface area contributed by atoms with Gasteiger partial charge < -0.3 is 5.11 Å². The van der Waals surface area contributed by atoms with E-state index in [1.54, 1.807) is 6.07 Å². The molecule has 0 heterocycles. The maximum absolute atomic E-state index is 13.8. The van der Waals surface area contributed by atoms with Crippen molar-refractivity contribution >= 4 is 11.6 Å². The molecule has 0 saturated heterocycles. The molecule has 0 fully saturated rings. The quantitative estimate of drug-likeness (QED) is 0.881. The lowest BCUT2D eigenvalue weighted by molar-refractivity contribution is 0.183. The van der Waals surface area contributed by atoms with Crippen LogP contribution in [0.5, 0.6) is 0 Å². The van der Waals surface area contributed by atoms with Gasteiger partial charge in [0.05, 0.1) is 6.61 Å². The van der Waals surface area contributed by atoms with Crippen molar-refractivity contribution in [2.24, 2.45) is 0 Å². The van der Waals surface area contributed by atoms with Crippen LogP contribution in [0.4, 0.5) is 4.39 Å². The fourth-order valence-electron chi connectivity index (χ4n) is 2.10. The molecule has 2 nitrogen and oxygen atoms in total. The van der Waals surface area contributed by atoms with Gasteiger partial charge in [-0.2, -0.15) is 0 Å². The second-order valence-corrected chi connectivity index (χ2v) is 5.09. The summed E-state index contributed by atoms with van der Waals surface area (Å²) in [7, 11) is 0. The summed E-state index contributed by atoms with van der Waals surface area (Å²) in [6, 6.07) is 14.4. The minimum atomic E-state index is -0.273. The van der Waals surface area contributed by atoms with E-state index >= 15 is 0 Å². The molecule has 0 bridgehead atoms. The molecule has 0 saturated carbocycles. The van der Waals surface area contributed by atoms with Crippen LogP contribution in [-0.2, 0) is 13.1 Å². The van der Waals surface area contributed by atoms with Crippen LogP contribution in [0.1, 0.15) is 11.1 Å². The number of aliphatic hydroxyl groups excluding tert-OH is 1. The summed E-state index contributed by atoms with van der Waals surface area (Å²) in [5.74, 6) is -0.273. The molecule has 2 aromatic rings. The molecule has 2 aromatic carbocycles. The van der Waals surface area contributed by atoms with Crippen molar-refractivity contribution in [3.63, 3.8) is 0 Å². The molecular formula is C16H17ClFNO. The Hall–Kier alpha value is -1.42. The number of hydrogen-bond acceptors (Lipinski definition) is 2. The van der Waals surface area contributed by atoms with Crippen molar-refractivity contribution in [1.82, 2.24) is 4.90 Å². The third kappa shape index (κ3) is 4.30. The lowest BCUT2D eigenvalue weighted by Crippen LogP contribution is -2.26. The Balaban J connectivity index is 2.11. The third-order valence-corrected chi connectivity index (χ3v) is 3.30. The van der Waals surface area contributed by atoms with Gasteiger partial charge in [-0.05, 0) is 23.8 Å². The zero-order valence-electron chi connectivity index (χ0n) is 11.1. The van der Waals surface area contributed by atoms with E-state index in [9.17, 15) is 4.39 Å². The first kappa shape index (κ1) is 15.0. The van der Waals surface area contributed by atoms with Gasteiger partial charge in [0.2, 0.25) is 0 Å². The normalized spacial score (nSPS) is 11.0. The van der Waals surface area contributed by atoms with Crippen LogP contribution >= 0.6 is 11.6 Å². The number of hydrogen-bond donors (Lipinski definition) is 1. The first-order valence-corrected chi connectivity index (χ1v) is 6.88. The molecular weight excluding hydrogens is 277 g/mol. The molecule has 0 unspecified atom stereocenters. The van der Waals surface area contributed by atoms with Gasteiger partial charge in [0.1, 0.15) is 5.82 Å². The van der Waals surface area contributed by atoms with Crippen molar-refractivity contribution in [2.75, 3.05) is 13.2 Å². The summed E-state index contributed by atoms with van der Waals surface area (Å²) in [5, 5.41) is 9.67. The molecule has 0 aliphatic heterocycles. The topological polar surface area (TPSA) is 23.5 Å². The van der Waals surface area contributed by atoms with Crippen molar-refractivity contribution in [3.05, 3.63) is 70.5 Å². The van der Waals surface area contributed by atoms with Gasteiger partial charge in [-0.1, -0.05) is 41.9 Å². The molecule has 0 aliphatic rings. The van der Waals surface area contributed by atoms with Gasteiger partial charge >= 0.3 is 0 Å². The van der Waals surface area contributed by atoms with Crippen molar-refractivity contribution in [2.45, 2.75) is 13.1 Å².